The molecule has 0 radical (unpaired) electrons. The molecule has 0 saturated carbocycles. The molecular weight excluding hydrogens is 450 g/mol. The zero-order chi connectivity index (χ0) is 26.2. The van der Waals surface area contributed by atoms with Crippen molar-refractivity contribution in [2.24, 2.45) is 11.8 Å². The van der Waals surface area contributed by atoms with E-state index in [2.05, 4.69) is 22.9 Å². The molecule has 9 heteroatoms. The molecule has 0 aromatic rings. The van der Waals surface area contributed by atoms with Gasteiger partial charge in [-0.25, -0.2) is 9.59 Å². The lowest BCUT2D eigenvalue weighted by atomic mass is 9.94. The van der Waals surface area contributed by atoms with Crippen molar-refractivity contribution in [3.05, 3.63) is 12.2 Å². The molecule has 4 atom stereocenters. The standard InChI is InChI=1S/C26H45N3O6/c1-5-6-7-8-11-14-20-15-12-9-10-13-19(23(30)27-4)17-22(25(32)33)28-24(31)21(16-18(2)3)29-26(34)35-20/h9-10,18-22H,5-8,11-17H2,1-4H3,(H,27,30)(H,28,31)(H,29,34)(H,32,33)/t19?,20?,21-,22-/m0/s1. The zero-order valence-electron chi connectivity index (χ0n) is 21.8. The predicted octanol–water partition coefficient (Wildman–Crippen LogP) is 3.92. The molecule has 3 amide bonds. The Hall–Kier alpha value is -2.58. The van der Waals surface area contributed by atoms with Gasteiger partial charge in [0.1, 0.15) is 18.2 Å². The van der Waals surface area contributed by atoms with Crippen LogP contribution in [-0.4, -0.2) is 54.2 Å². The maximum atomic E-state index is 13.0. The highest BCUT2D eigenvalue weighted by molar-refractivity contribution is 5.89. The Morgan fingerprint density at radius 3 is 2.49 bits per heavy atom. The SMILES string of the molecule is CCCCCCCC1CCC=CCC(C(=O)NC)C[C@@H](C(=O)O)NC(=O)[C@H](CC(C)C)NC(=O)O1. The number of allylic oxidation sites excluding steroid dienone is 2. The van der Waals surface area contributed by atoms with Crippen LogP contribution < -0.4 is 16.0 Å². The zero-order valence-corrected chi connectivity index (χ0v) is 21.8. The van der Waals surface area contributed by atoms with E-state index in [4.69, 9.17) is 4.74 Å². The molecule has 0 bridgehead atoms. The fraction of sp³-hybridized carbons (Fsp3) is 0.769. The normalized spacial score (nSPS) is 24.5. The topological polar surface area (TPSA) is 134 Å². The van der Waals surface area contributed by atoms with E-state index in [1.165, 1.54) is 13.5 Å². The maximum Gasteiger partial charge on any atom is 0.408 e. The van der Waals surface area contributed by atoms with Gasteiger partial charge in [-0.2, -0.15) is 0 Å². The molecule has 9 nitrogen and oxygen atoms in total. The number of nitrogens with one attached hydrogen (secondary N) is 3. The van der Waals surface area contributed by atoms with Crippen molar-refractivity contribution in [3.8, 4) is 0 Å². The van der Waals surface area contributed by atoms with Gasteiger partial charge in [-0.3, -0.25) is 9.59 Å². The van der Waals surface area contributed by atoms with Gasteiger partial charge in [-0.15, -0.1) is 0 Å². The number of hydrogen-bond acceptors (Lipinski definition) is 5. The van der Waals surface area contributed by atoms with E-state index in [9.17, 15) is 24.3 Å². The first kappa shape index (κ1) is 30.5. The second kappa shape index (κ2) is 16.9. The molecule has 0 aromatic heterocycles. The van der Waals surface area contributed by atoms with E-state index in [1.807, 2.05) is 26.0 Å². The van der Waals surface area contributed by atoms with E-state index in [1.54, 1.807) is 0 Å². The monoisotopic (exact) mass is 495 g/mol. The quantitative estimate of drug-likeness (QED) is 0.268. The van der Waals surface area contributed by atoms with Crippen molar-refractivity contribution in [2.75, 3.05) is 7.05 Å². The minimum absolute atomic E-state index is 0.0513. The first-order valence-corrected chi connectivity index (χ1v) is 13.0. The summed E-state index contributed by atoms with van der Waals surface area (Å²) in [6.07, 6.45) is 11.1. The van der Waals surface area contributed by atoms with Crippen molar-refractivity contribution >= 4 is 23.9 Å². The number of amides is 3. The molecule has 0 aliphatic carbocycles. The highest BCUT2D eigenvalue weighted by Gasteiger charge is 2.31. The summed E-state index contributed by atoms with van der Waals surface area (Å²) in [5, 5.41) is 17.4. The first-order chi connectivity index (χ1) is 16.7. The number of ether oxygens (including phenoxy) is 1. The predicted molar refractivity (Wildman–Crippen MR) is 135 cm³/mol. The van der Waals surface area contributed by atoms with Crippen molar-refractivity contribution in [2.45, 2.75) is 110 Å². The number of carbonyl (C=O) groups is 4. The number of carboxylic acids is 1. The Morgan fingerprint density at radius 2 is 1.86 bits per heavy atom. The van der Waals surface area contributed by atoms with Crippen LogP contribution in [0.4, 0.5) is 4.79 Å². The van der Waals surface area contributed by atoms with Crippen LogP contribution in [0.2, 0.25) is 0 Å². The lowest BCUT2D eigenvalue weighted by Crippen LogP contribution is -2.53. The summed E-state index contributed by atoms with van der Waals surface area (Å²) in [7, 11) is 1.51. The Kier molecular flexibility index (Phi) is 14.7. The molecule has 200 valence electrons. The van der Waals surface area contributed by atoms with Crippen molar-refractivity contribution in [1.82, 2.24) is 16.0 Å². The van der Waals surface area contributed by atoms with Crippen LogP contribution in [0.1, 0.15) is 91.4 Å². The second-order valence-electron chi connectivity index (χ2n) is 9.79. The molecule has 0 aromatic carbocycles. The van der Waals surface area contributed by atoms with Gasteiger partial charge in [0.25, 0.3) is 0 Å². The molecule has 1 heterocycles. The van der Waals surface area contributed by atoms with Crippen molar-refractivity contribution < 1.29 is 29.0 Å². The van der Waals surface area contributed by atoms with Crippen LogP contribution in [0, 0.1) is 11.8 Å². The maximum absolute atomic E-state index is 13.0. The van der Waals surface area contributed by atoms with E-state index in [0.29, 0.717) is 25.7 Å². The molecule has 0 saturated heterocycles. The van der Waals surface area contributed by atoms with Crippen molar-refractivity contribution in [3.63, 3.8) is 0 Å². The number of unbranched alkanes of at least 4 members (excludes halogenated alkanes) is 4. The van der Waals surface area contributed by atoms with Gasteiger partial charge in [-0.05, 0) is 50.9 Å². The Morgan fingerprint density at radius 1 is 1.14 bits per heavy atom. The largest absolute Gasteiger partial charge is 0.480 e. The molecule has 35 heavy (non-hydrogen) atoms. The number of aliphatic carboxylic acids is 1. The number of carboxylic acid groups (broad SMARTS) is 1. The Bertz CT molecular complexity index is 709. The summed E-state index contributed by atoms with van der Waals surface area (Å²) in [6, 6.07) is -2.19. The van der Waals surface area contributed by atoms with E-state index in [-0.39, 0.29) is 24.3 Å². The van der Waals surface area contributed by atoms with E-state index >= 15 is 0 Å². The highest BCUT2D eigenvalue weighted by atomic mass is 16.6. The lowest BCUT2D eigenvalue weighted by molar-refractivity contribution is -0.143. The van der Waals surface area contributed by atoms with Gasteiger partial charge >= 0.3 is 12.1 Å². The minimum atomic E-state index is -1.26. The van der Waals surface area contributed by atoms with Gasteiger partial charge in [0, 0.05) is 13.0 Å². The van der Waals surface area contributed by atoms with Crippen LogP contribution in [0.15, 0.2) is 12.2 Å². The summed E-state index contributed by atoms with van der Waals surface area (Å²) in [6.45, 7) is 5.99. The fourth-order valence-corrected chi connectivity index (χ4v) is 4.22. The third-order valence-electron chi connectivity index (χ3n) is 6.21. The van der Waals surface area contributed by atoms with Crippen LogP contribution in [0.25, 0.3) is 0 Å². The van der Waals surface area contributed by atoms with Crippen LogP contribution in [0.5, 0.6) is 0 Å². The van der Waals surface area contributed by atoms with Gasteiger partial charge in [-0.1, -0.05) is 58.6 Å². The third kappa shape index (κ3) is 12.6. The summed E-state index contributed by atoms with van der Waals surface area (Å²) in [5.41, 5.74) is 0. The smallest absolute Gasteiger partial charge is 0.408 e. The molecular formula is C26H45N3O6. The average Bonchev–Trinajstić information content (AvgIpc) is 2.80. The Labute approximate surface area is 209 Å². The molecule has 4 N–H and O–H groups in total. The number of carbonyl (C=O) groups excluding carboxylic acids is 3. The van der Waals surface area contributed by atoms with E-state index < -0.39 is 36.0 Å². The van der Waals surface area contributed by atoms with Crippen molar-refractivity contribution in [1.29, 1.82) is 0 Å². The summed E-state index contributed by atoms with van der Waals surface area (Å²) in [4.78, 5) is 49.9. The summed E-state index contributed by atoms with van der Waals surface area (Å²) in [5.74, 6) is -2.63. The van der Waals surface area contributed by atoms with Gasteiger partial charge in [0.05, 0.1) is 0 Å². The average molecular weight is 496 g/mol. The number of cyclic esters (lactones) is 1. The van der Waals surface area contributed by atoms with Gasteiger partial charge < -0.3 is 25.8 Å². The molecule has 1 aliphatic heterocycles. The van der Waals surface area contributed by atoms with Crippen LogP contribution in [-0.2, 0) is 19.1 Å². The lowest BCUT2D eigenvalue weighted by Gasteiger charge is -2.25. The van der Waals surface area contributed by atoms with Gasteiger partial charge in [0.15, 0.2) is 0 Å². The highest BCUT2D eigenvalue weighted by Crippen LogP contribution is 2.18. The number of alkyl carbamates (subject to hydrolysis) is 1. The van der Waals surface area contributed by atoms with Crippen LogP contribution in [0.3, 0.4) is 0 Å². The molecule has 1 rings (SSSR count). The first-order valence-electron chi connectivity index (χ1n) is 13.0. The third-order valence-corrected chi connectivity index (χ3v) is 6.21. The summed E-state index contributed by atoms with van der Waals surface area (Å²) >= 11 is 0. The minimum Gasteiger partial charge on any atom is -0.480 e. The molecule has 1 aliphatic rings. The van der Waals surface area contributed by atoms with E-state index in [0.717, 1.165) is 32.1 Å². The number of rotatable bonds is 10. The fourth-order valence-electron chi connectivity index (χ4n) is 4.22. The molecule has 0 fully saturated rings. The Balaban J connectivity index is 3.08. The second-order valence-corrected chi connectivity index (χ2v) is 9.79. The van der Waals surface area contributed by atoms with Crippen LogP contribution >= 0.6 is 0 Å². The number of hydrogen-bond donors (Lipinski definition) is 4. The molecule has 2 unspecified atom stereocenters. The molecule has 0 spiro atoms. The summed E-state index contributed by atoms with van der Waals surface area (Å²) < 4.78 is 5.70. The van der Waals surface area contributed by atoms with Gasteiger partial charge in [0.2, 0.25) is 11.8 Å².